The summed E-state index contributed by atoms with van der Waals surface area (Å²) in [5.74, 6) is 0.447. The lowest BCUT2D eigenvalue weighted by atomic mass is 9.87. The van der Waals surface area contributed by atoms with Crippen LogP contribution in [0.5, 0.6) is 0 Å². The van der Waals surface area contributed by atoms with Gasteiger partial charge in [0, 0.05) is 19.3 Å². The molecule has 2 aromatic carbocycles. The smallest absolute Gasteiger partial charge is 0.274 e. The quantitative estimate of drug-likeness (QED) is 0.697. The number of benzene rings is 2. The highest BCUT2D eigenvalue weighted by Crippen LogP contribution is 2.24. The van der Waals surface area contributed by atoms with Gasteiger partial charge in [0.15, 0.2) is 0 Å². The minimum absolute atomic E-state index is 0.117. The van der Waals surface area contributed by atoms with Crippen LogP contribution in [0, 0.1) is 0 Å². The molecule has 0 fully saturated rings. The first kappa shape index (κ1) is 19.5. The Bertz CT molecular complexity index is 914. The zero-order valence-corrected chi connectivity index (χ0v) is 16.8. The molecule has 0 bridgehead atoms. The third-order valence-corrected chi connectivity index (χ3v) is 4.50. The highest BCUT2D eigenvalue weighted by molar-refractivity contribution is 5.91. The summed E-state index contributed by atoms with van der Waals surface area (Å²) >= 11 is 0. The first-order chi connectivity index (χ1) is 13.3. The van der Waals surface area contributed by atoms with E-state index in [1.807, 2.05) is 42.5 Å². The average Bonchev–Trinajstić information content (AvgIpc) is 2.68. The van der Waals surface area contributed by atoms with Gasteiger partial charge in [0.1, 0.15) is 11.5 Å². The fourth-order valence-corrected chi connectivity index (χ4v) is 2.83. The molecule has 1 heterocycles. The lowest BCUT2D eigenvalue weighted by Gasteiger charge is -2.19. The molecular formula is C23H26N4O. The molecule has 5 heteroatoms. The molecule has 0 saturated heterocycles. The van der Waals surface area contributed by atoms with Crippen molar-refractivity contribution < 1.29 is 4.79 Å². The van der Waals surface area contributed by atoms with Gasteiger partial charge in [0.2, 0.25) is 0 Å². The van der Waals surface area contributed by atoms with Crippen molar-refractivity contribution in [1.82, 2.24) is 14.9 Å². The molecule has 1 amide bonds. The van der Waals surface area contributed by atoms with Gasteiger partial charge < -0.3 is 10.2 Å². The first-order valence-corrected chi connectivity index (χ1v) is 9.32. The van der Waals surface area contributed by atoms with Crippen molar-refractivity contribution in [2.24, 2.45) is 0 Å². The lowest BCUT2D eigenvalue weighted by molar-refractivity contribution is 0.0779. The Morgan fingerprint density at radius 1 is 0.964 bits per heavy atom. The van der Waals surface area contributed by atoms with Crippen LogP contribution >= 0.6 is 0 Å². The summed E-state index contributed by atoms with van der Waals surface area (Å²) in [5, 5.41) is 3.22. The van der Waals surface area contributed by atoms with E-state index in [0.717, 1.165) is 11.3 Å². The Kier molecular flexibility index (Phi) is 5.73. The summed E-state index contributed by atoms with van der Waals surface area (Å²) in [7, 11) is 1.76. The van der Waals surface area contributed by atoms with Crippen molar-refractivity contribution in [2.45, 2.75) is 32.7 Å². The summed E-state index contributed by atoms with van der Waals surface area (Å²) in [4.78, 5) is 22.8. The molecule has 0 unspecified atom stereocenters. The van der Waals surface area contributed by atoms with Crippen LogP contribution < -0.4 is 5.32 Å². The van der Waals surface area contributed by atoms with Crippen LogP contribution in [0.4, 0.5) is 11.5 Å². The molecule has 0 saturated carbocycles. The highest BCUT2D eigenvalue weighted by atomic mass is 16.2. The van der Waals surface area contributed by atoms with Crippen molar-refractivity contribution >= 4 is 17.4 Å². The topological polar surface area (TPSA) is 58.1 Å². The monoisotopic (exact) mass is 374 g/mol. The van der Waals surface area contributed by atoms with Crippen LogP contribution in [0.2, 0.25) is 0 Å². The van der Waals surface area contributed by atoms with Crippen LogP contribution in [0.15, 0.2) is 67.0 Å². The number of anilines is 2. The summed E-state index contributed by atoms with van der Waals surface area (Å²) < 4.78 is 0. The molecule has 5 nitrogen and oxygen atoms in total. The Hall–Kier alpha value is -3.21. The van der Waals surface area contributed by atoms with Gasteiger partial charge >= 0.3 is 0 Å². The van der Waals surface area contributed by atoms with Gasteiger partial charge in [-0.25, -0.2) is 9.97 Å². The van der Waals surface area contributed by atoms with Crippen molar-refractivity contribution in [1.29, 1.82) is 0 Å². The molecule has 0 aliphatic carbocycles. The first-order valence-electron chi connectivity index (χ1n) is 9.32. The molecule has 3 aromatic rings. The van der Waals surface area contributed by atoms with E-state index in [0.29, 0.717) is 18.1 Å². The van der Waals surface area contributed by atoms with E-state index in [4.69, 9.17) is 0 Å². The SMILES string of the molecule is CN(Cc1ccccc1)C(=O)c1cnc(Nc2ccc(C(C)(C)C)cc2)cn1. The fourth-order valence-electron chi connectivity index (χ4n) is 2.83. The van der Waals surface area contributed by atoms with E-state index in [1.165, 1.54) is 11.8 Å². The summed E-state index contributed by atoms with van der Waals surface area (Å²) in [5.41, 5.74) is 3.72. The Morgan fingerprint density at radius 3 is 2.21 bits per heavy atom. The van der Waals surface area contributed by atoms with E-state index in [-0.39, 0.29) is 11.3 Å². The number of carbonyl (C=O) groups excluding carboxylic acids is 1. The number of hydrogen-bond acceptors (Lipinski definition) is 4. The summed E-state index contributed by atoms with van der Waals surface area (Å²) in [6.07, 6.45) is 3.09. The standard InChI is InChI=1S/C23H26N4O/c1-23(2,3)18-10-12-19(13-11-18)26-21-15-24-20(14-25-21)22(28)27(4)16-17-8-6-5-7-9-17/h5-15H,16H2,1-4H3,(H,25,26). The lowest BCUT2D eigenvalue weighted by Crippen LogP contribution is -2.27. The second-order valence-electron chi connectivity index (χ2n) is 7.89. The van der Waals surface area contributed by atoms with Gasteiger partial charge in [-0.2, -0.15) is 0 Å². The number of rotatable bonds is 5. The normalized spacial score (nSPS) is 11.1. The van der Waals surface area contributed by atoms with E-state index < -0.39 is 0 Å². The predicted molar refractivity (Wildman–Crippen MR) is 113 cm³/mol. The Balaban J connectivity index is 1.63. The molecule has 0 spiro atoms. The van der Waals surface area contributed by atoms with E-state index in [2.05, 4.69) is 48.2 Å². The van der Waals surface area contributed by atoms with Gasteiger partial charge in [-0.05, 0) is 28.7 Å². The van der Waals surface area contributed by atoms with Gasteiger partial charge in [0.25, 0.3) is 5.91 Å². The third-order valence-electron chi connectivity index (χ3n) is 4.50. The van der Waals surface area contributed by atoms with Gasteiger partial charge in [-0.1, -0.05) is 63.2 Å². The number of nitrogens with one attached hydrogen (secondary N) is 1. The number of carbonyl (C=O) groups is 1. The summed E-state index contributed by atoms with van der Waals surface area (Å²) in [6.45, 7) is 7.09. The van der Waals surface area contributed by atoms with Crippen LogP contribution in [0.1, 0.15) is 42.4 Å². The van der Waals surface area contributed by atoms with Gasteiger partial charge in [0.05, 0.1) is 12.4 Å². The second kappa shape index (κ2) is 8.21. The molecule has 1 N–H and O–H groups in total. The molecule has 144 valence electrons. The Morgan fingerprint density at radius 2 is 1.64 bits per heavy atom. The van der Waals surface area contributed by atoms with E-state index >= 15 is 0 Å². The third kappa shape index (κ3) is 4.94. The fraction of sp³-hybridized carbons (Fsp3) is 0.261. The maximum Gasteiger partial charge on any atom is 0.274 e. The van der Waals surface area contributed by atoms with Crippen LogP contribution in [-0.4, -0.2) is 27.8 Å². The molecule has 1 aromatic heterocycles. The van der Waals surface area contributed by atoms with Crippen molar-refractivity contribution in [2.75, 3.05) is 12.4 Å². The van der Waals surface area contributed by atoms with Crippen molar-refractivity contribution in [3.8, 4) is 0 Å². The van der Waals surface area contributed by atoms with Crippen LogP contribution in [-0.2, 0) is 12.0 Å². The van der Waals surface area contributed by atoms with Crippen molar-refractivity contribution in [3.63, 3.8) is 0 Å². The average molecular weight is 374 g/mol. The van der Waals surface area contributed by atoms with E-state index in [1.54, 1.807) is 18.1 Å². The second-order valence-corrected chi connectivity index (χ2v) is 7.89. The number of aromatic nitrogens is 2. The Labute approximate surface area is 166 Å². The zero-order valence-electron chi connectivity index (χ0n) is 16.8. The van der Waals surface area contributed by atoms with Crippen LogP contribution in [0.25, 0.3) is 0 Å². The molecule has 3 rings (SSSR count). The molecule has 0 atom stereocenters. The number of nitrogens with zero attached hydrogens (tertiary/aromatic N) is 3. The molecular weight excluding hydrogens is 348 g/mol. The zero-order chi connectivity index (χ0) is 20.1. The highest BCUT2D eigenvalue weighted by Gasteiger charge is 2.15. The molecule has 28 heavy (non-hydrogen) atoms. The molecule has 0 radical (unpaired) electrons. The predicted octanol–water partition coefficient (Wildman–Crippen LogP) is 4.79. The minimum atomic E-state index is -0.155. The number of hydrogen-bond donors (Lipinski definition) is 1. The summed E-state index contributed by atoms with van der Waals surface area (Å²) in [6, 6.07) is 18.1. The van der Waals surface area contributed by atoms with E-state index in [9.17, 15) is 4.79 Å². The molecule has 0 aliphatic rings. The minimum Gasteiger partial charge on any atom is -0.339 e. The number of amides is 1. The van der Waals surface area contributed by atoms with Gasteiger partial charge in [-0.15, -0.1) is 0 Å². The van der Waals surface area contributed by atoms with Crippen molar-refractivity contribution in [3.05, 3.63) is 83.8 Å². The maximum absolute atomic E-state index is 12.6. The van der Waals surface area contributed by atoms with Crippen LogP contribution in [0.3, 0.4) is 0 Å². The van der Waals surface area contributed by atoms with Gasteiger partial charge in [-0.3, -0.25) is 4.79 Å². The molecule has 0 aliphatic heterocycles. The largest absolute Gasteiger partial charge is 0.339 e. The maximum atomic E-state index is 12.6.